The Morgan fingerprint density at radius 2 is 1.70 bits per heavy atom. The third kappa shape index (κ3) is 5.56. The zero-order valence-corrected chi connectivity index (χ0v) is 17.1. The first-order chi connectivity index (χ1) is 14.3. The molecule has 5 nitrogen and oxygen atoms in total. The van der Waals surface area contributed by atoms with Crippen molar-refractivity contribution in [2.24, 2.45) is 4.99 Å². The molecule has 0 aliphatic carbocycles. The van der Waals surface area contributed by atoms with Gasteiger partial charge in [-0.3, -0.25) is 9.69 Å². The molecule has 0 bridgehead atoms. The number of thioether (sulfide) groups is 1. The number of amides is 1. The summed E-state index contributed by atoms with van der Waals surface area (Å²) in [6.45, 7) is 2.47. The lowest BCUT2D eigenvalue weighted by molar-refractivity contribution is -0.274. The predicted octanol–water partition coefficient (Wildman–Crippen LogP) is 5.61. The van der Waals surface area contributed by atoms with E-state index >= 15 is 0 Å². The van der Waals surface area contributed by atoms with Crippen LogP contribution in [-0.2, 0) is 4.79 Å². The van der Waals surface area contributed by atoms with Crippen LogP contribution in [0.1, 0.15) is 18.9 Å². The largest absolute Gasteiger partial charge is 0.573 e. The molecule has 0 unspecified atom stereocenters. The highest BCUT2D eigenvalue weighted by molar-refractivity contribution is 8.18. The second kappa shape index (κ2) is 9.25. The summed E-state index contributed by atoms with van der Waals surface area (Å²) in [6.07, 6.45) is -2.36. The molecule has 1 saturated heterocycles. The number of ether oxygens (including phenoxy) is 2. The quantitative estimate of drug-likeness (QED) is 0.553. The van der Waals surface area contributed by atoms with Crippen molar-refractivity contribution in [2.75, 3.05) is 13.7 Å². The Bertz CT molecular complexity index is 955. The number of hydrogen-bond acceptors (Lipinski definition) is 5. The van der Waals surface area contributed by atoms with E-state index in [1.54, 1.807) is 42.4 Å². The maximum absolute atomic E-state index is 12.8. The first-order valence-corrected chi connectivity index (χ1v) is 9.90. The molecule has 2 aromatic carbocycles. The van der Waals surface area contributed by atoms with Crippen LogP contribution in [0.2, 0.25) is 0 Å². The summed E-state index contributed by atoms with van der Waals surface area (Å²) in [4.78, 5) is 19.4. The second-order valence-corrected chi connectivity index (χ2v) is 7.29. The maximum Gasteiger partial charge on any atom is 0.573 e. The zero-order valence-electron chi connectivity index (χ0n) is 16.3. The molecule has 0 aromatic heterocycles. The maximum atomic E-state index is 12.8. The Morgan fingerprint density at radius 3 is 2.27 bits per heavy atom. The fourth-order valence-corrected chi connectivity index (χ4v) is 3.72. The zero-order chi connectivity index (χ0) is 21.7. The minimum atomic E-state index is -4.75. The third-order valence-corrected chi connectivity index (χ3v) is 5.05. The van der Waals surface area contributed by atoms with E-state index in [2.05, 4.69) is 9.73 Å². The number of carbonyl (C=O) groups excluding carboxylic acids is 1. The van der Waals surface area contributed by atoms with Crippen molar-refractivity contribution in [3.63, 3.8) is 0 Å². The van der Waals surface area contributed by atoms with E-state index in [0.717, 1.165) is 6.42 Å². The number of rotatable bonds is 6. The van der Waals surface area contributed by atoms with Crippen LogP contribution in [0.3, 0.4) is 0 Å². The van der Waals surface area contributed by atoms with Gasteiger partial charge in [-0.05, 0) is 66.2 Å². The van der Waals surface area contributed by atoms with Gasteiger partial charge in [-0.1, -0.05) is 19.1 Å². The highest BCUT2D eigenvalue weighted by atomic mass is 32.2. The number of carbonyl (C=O) groups is 1. The van der Waals surface area contributed by atoms with Gasteiger partial charge in [-0.15, -0.1) is 13.2 Å². The van der Waals surface area contributed by atoms with Crippen molar-refractivity contribution in [3.8, 4) is 11.5 Å². The van der Waals surface area contributed by atoms with Crippen LogP contribution < -0.4 is 9.47 Å². The molecule has 30 heavy (non-hydrogen) atoms. The summed E-state index contributed by atoms with van der Waals surface area (Å²) in [5.41, 5.74) is 1.27. The van der Waals surface area contributed by atoms with Gasteiger partial charge in [0.2, 0.25) is 0 Å². The minimum absolute atomic E-state index is 0.190. The third-order valence-electron chi connectivity index (χ3n) is 4.04. The Balaban J connectivity index is 1.83. The van der Waals surface area contributed by atoms with Crippen LogP contribution in [0, 0.1) is 0 Å². The van der Waals surface area contributed by atoms with Crippen LogP contribution in [-0.4, -0.2) is 36.0 Å². The van der Waals surface area contributed by atoms with Crippen molar-refractivity contribution < 1.29 is 27.4 Å². The lowest BCUT2D eigenvalue weighted by atomic mass is 10.2. The molecule has 1 fully saturated rings. The number of alkyl halides is 3. The molecule has 0 radical (unpaired) electrons. The Labute approximate surface area is 176 Å². The molecule has 1 aliphatic rings. The fourth-order valence-electron chi connectivity index (χ4n) is 2.70. The van der Waals surface area contributed by atoms with Crippen molar-refractivity contribution in [1.82, 2.24) is 4.90 Å². The molecule has 158 valence electrons. The highest BCUT2D eigenvalue weighted by Gasteiger charge is 2.33. The van der Waals surface area contributed by atoms with E-state index in [1.165, 1.54) is 36.0 Å². The lowest BCUT2D eigenvalue weighted by Gasteiger charge is -2.14. The number of nitrogens with zero attached hydrogens (tertiary/aromatic N) is 2. The average Bonchev–Trinajstić information content (AvgIpc) is 2.98. The first-order valence-electron chi connectivity index (χ1n) is 9.09. The Hall–Kier alpha value is -2.94. The normalized spacial score (nSPS) is 17.1. The molecule has 0 spiro atoms. The van der Waals surface area contributed by atoms with Crippen LogP contribution in [0.5, 0.6) is 11.5 Å². The molecule has 2 aromatic rings. The Morgan fingerprint density at radius 1 is 1.07 bits per heavy atom. The van der Waals surface area contributed by atoms with Crippen molar-refractivity contribution in [2.45, 2.75) is 19.7 Å². The standard InChI is InChI=1S/C21H19F3N2O3S/c1-3-12-26-19(27)18(13-14-4-8-17(9-5-14)29-21(22,23)24)30-20(26)25-15-6-10-16(28-2)11-7-15/h4-11,13H,3,12H2,1-2H3/b18-13-,25-20?. The smallest absolute Gasteiger partial charge is 0.497 e. The lowest BCUT2D eigenvalue weighted by Crippen LogP contribution is -2.29. The number of methoxy groups -OCH3 is 1. The summed E-state index contributed by atoms with van der Waals surface area (Å²) in [6, 6.07) is 12.5. The van der Waals surface area contributed by atoms with Gasteiger partial charge in [0, 0.05) is 6.54 Å². The van der Waals surface area contributed by atoms with E-state index in [4.69, 9.17) is 4.74 Å². The van der Waals surface area contributed by atoms with Crippen molar-refractivity contribution >= 4 is 34.6 Å². The average molecular weight is 436 g/mol. The minimum Gasteiger partial charge on any atom is -0.497 e. The van der Waals surface area contributed by atoms with Gasteiger partial charge < -0.3 is 9.47 Å². The summed E-state index contributed by atoms with van der Waals surface area (Å²) in [7, 11) is 1.58. The topological polar surface area (TPSA) is 51.1 Å². The predicted molar refractivity (Wildman–Crippen MR) is 111 cm³/mol. The monoisotopic (exact) mass is 436 g/mol. The van der Waals surface area contributed by atoms with Crippen molar-refractivity contribution in [3.05, 3.63) is 59.0 Å². The summed E-state index contributed by atoms with van der Waals surface area (Å²) >= 11 is 1.23. The number of halogens is 3. The van der Waals surface area contributed by atoms with Gasteiger partial charge in [-0.25, -0.2) is 4.99 Å². The number of benzene rings is 2. The van der Waals surface area contributed by atoms with E-state index in [9.17, 15) is 18.0 Å². The van der Waals surface area contributed by atoms with E-state index in [-0.39, 0.29) is 11.7 Å². The number of aliphatic imine (C=N–C) groups is 1. The molecule has 3 rings (SSSR count). The van der Waals surface area contributed by atoms with Gasteiger partial charge in [0.25, 0.3) is 5.91 Å². The number of hydrogen-bond donors (Lipinski definition) is 0. The summed E-state index contributed by atoms with van der Waals surface area (Å²) in [5.74, 6) is 0.201. The molecule has 9 heteroatoms. The van der Waals surface area contributed by atoms with Crippen LogP contribution in [0.15, 0.2) is 58.4 Å². The second-order valence-electron chi connectivity index (χ2n) is 6.28. The number of amidine groups is 1. The van der Waals surface area contributed by atoms with Crippen LogP contribution in [0.4, 0.5) is 18.9 Å². The molecular weight excluding hydrogens is 417 g/mol. The SMILES string of the molecule is CCCN1C(=O)/C(=C/c2ccc(OC(F)(F)F)cc2)SC1=Nc1ccc(OC)cc1. The van der Waals surface area contributed by atoms with Gasteiger partial charge >= 0.3 is 6.36 Å². The van der Waals surface area contributed by atoms with E-state index < -0.39 is 6.36 Å². The summed E-state index contributed by atoms with van der Waals surface area (Å²) < 4.78 is 45.9. The highest BCUT2D eigenvalue weighted by Crippen LogP contribution is 2.35. The molecule has 0 N–H and O–H groups in total. The molecule has 1 heterocycles. The van der Waals surface area contributed by atoms with Gasteiger partial charge in [-0.2, -0.15) is 0 Å². The molecule has 1 amide bonds. The van der Waals surface area contributed by atoms with Crippen LogP contribution in [0.25, 0.3) is 6.08 Å². The van der Waals surface area contributed by atoms with Crippen LogP contribution >= 0.6 is 11.8 Å². The van der Waals surface area contributed by atoms with Crippen molar-refractivity contribution in [1.29, 1.82) is 0 Å². The summed E-state index contributed by atoms with van der Waals surface area (Å²) in [5, 5.41) is 0.551. The molecular formula is C21H19F3N2O3S. The molecule has 0 saturated carbocycles. The van der Waals surface area contributed by atoms with Gasteiger partial charge in [0.1, 0.15) is 11.5 Å². The molecule has 1 aliphatic heterocycles. The van der Waals surface area contributed by atoms with Gasteiger partial charge in [0.15, 0.2) is 5.17 Å². The van der Waals surface area contributed by atoms with E-state index in [1.807, 2.05) is 6.92 Å². The molecule has 0 atom stereocenters. The first kappa shape index (κ1) is 21.8. The van der Waals surface area contributed by atoms with E-state index in [0.29, 0.717) is 33.6 Å². The van der Waals surface area contributed by atoms with Gasteiger partial charge in [0.05, 0.1) is 17.7 Å². The fraction of sp³-hybridized carbons (Fsp3) is 0.238. The Kier molecular flexibility index (Phi) is 6.71.